The van der Waals surface area contributed by atoms with Crippen LogP contribution in [0, 0.1) is 0 Å². The zero-order valence-electron chi connectivity index (χ0n) is 24.3. The van der Waals surface area contributed by atoms with E-state index in [1.807, 2.05) is 48.5 Å². The van der Waals surface area contributed by atoms with Gasteiger partial charge in [0.2, 0.25) is 0 Å². The second-order valence-electron chi connectivity index (χ2n) is 11.3. The predicted molar refractivity (Wildman–Crippen MR) is 186 cm³/mol. The molecule has 9 aromatic rings. The van der Waals surface area contributed by atoms with E-state index in [0.29, 0.717) is 0 Å². The van der Waals surface area contributed by atoms with Crippen molar-refractivity contribution in [2.75, 3.05) is 0 Å². The van der Waals surface area contributed by atoms with Gasteiger partial charge in [-0.3, -0.25) is 0 Å². The first-order valence-electron chi connectivity index (χ1n) is 15.2. The molecule has 3 nitrogen and oxygen atoms in total. The first-order chi connectivity index (χ1) is 22.3. The number of aromatic nitrogens is 2. The highest BCUT2D eigenvalue weighted by molar-refractivity contribution is 6.16. The zero-order chi connectivity index (χ0) is 29.7. The molecule has 7 aromatic carbocycles. The van der Waals surface area contributed by atoms with Gasteiger partial charge in [0.25, 0.3) is 0 Å². The molecule has 0 unspecified atom stereocenters. The lowest BCUT2D eigenvalue weighted by Crippen LogP contribution is -1.96. The molecular formula is C42H26N2O. The highest BCUT2D eigenvalue weighted by Gasteiger charge is 2.17. The summed E-state index contributed by atoms with van der Waals surface area (Å²) >= 11 is 0. The SMILES string of the molecule is c1ccc(-c2nc3ccc(-c4ccc(-c5cccc6oc7ccccc7c56)c5ccccc45)cc3nc2-c2ccccc2)cc1. The molecule has 0 radical (unpaired) electrons. The first-order valence-corrected chi connectivity index (χ1v) is 15.2. The number of benzene rings is 7. The summed E-state index contributed by atoms with van der Waals surface area (Å²) in [5.41, 5.74) is 12.0. The van der Waals surface area contributed by atoms with Gasteiger partial charge in [0.1, 0.15) is 11.2 Å². The van der Waals surface area contributed by atoms with Crippen LogP contribution in [0.15, 0.2) is 162 Å². The van der Waals surface area contributed by atoms with Gasteiger partial charge < -0.3 is 4.42 Å². The second-order valence-corrected chi connectivity index (χ2v) is 11.3. The van der Waals surface area contributed by atoms with E-state index in [9.17, 15) is 0 Å². The van der Waals surface area contributed by atoms with Crippen LogP contribution in [0.2, 0.25) is 0 Å². The molecule has 9 rings (SSSR count). The Morgan fingerprint density at radius 1 is 0.356 bits per heavy atom. The summed E-state index contributed by atoms with van der Waals surface area (Å²) in [5, 5.41) is 4.67. The van der Waals surface area contributed by atoms with Crippen LogP contribution in [0.3, 0.4) is 0 Å². The third-order valence-electron chi connectivity index (χ3n) is 8.69. The van der Waals surface area contributed by atoms with Gasteiger partial charge in [0.15, 0.2) is 0 Å². The minimum Gasteiger partial charge on any atom is -0.456 e. The quantitative estimate of drug-likeness (QED) is 0.210. The molecule has 0 spiro atoms. The Morgan fingerprint density at radius 2 is 0.933 bits per heavy atom. The van der Waals surface area contributed by atoms with Gasteiger partial charge in [-0.15, -0.1) is 0 Å². The fourth-order valence-corrected chi connectivity index (χ4v) is 6.60. The fourth-order valence-electron chi connectivity index (χ4n) is 6.60. The van der Waals surface area contributed by atoms with Gasteiger partial charge >= 0.3 is 0 Å². The third-order valence-corrected chi connectivity index (χ3v) is 8.69. The van der Waals surface area contributed by atoms with Crippen molar-refractivity contribution >= 4 is 43.7 Å². The molecule has 0 saturated carbocycles. The maximum Gasteiger partial charge on any atom is 0.136 e. The average molecular weight is 575 g/mol. The molecule has 0 amide bonds. The molecule has 3 heteroatoms. The molecule has 2 aromatic heterocycles. The van der Waals surface area contributed by atoms with Gasteiger partial charge in [0.05, 0.1) is 22.4 Å². The van der Waals surface area contributed by atoms with Crippen LogP contribution in [-0.4, -0.2) is 9.97 Å². The lowest BCUT2D eigenvalue weighted by Gasteiger charge is -2.14. The van der Waals surface area contributed by atoms with E-state index >= 15 is 0 Å². The smallest absolute Gasteiger partial charge is 0.136 e. The topological polar surface area (TPSA) is 38.9 Å². The summed E-state index contributed by atoms with van der Waals surface area (Å²) in [6.07, 6.45) is 0. The van der Waals surface area contributed by atoms with E-state index in [4.69, 9.17) is 14.4 Å². The average Bonchev–Trinajstić information content (AvgIpc) is 3.50. The van der Waals surface area contributed by atoms with Crippen molar-refractivity contribution in [2.45, 2.75) is 0 Å². The Kier molecular flexibility index (Phi) is 5.82. The summed E-state index contributed by atoms with van der Waals surface area (Å²) in [7, 11) is 0. The van der Waals surface area contributed by atoms with E-state index in [1.54, 1.807) is 0 Å². The van der Waals surface area contributed by atoms with Crippen LogP contribution < -0.4 is 0 Å². The van der Waals surface area contributed by atoms with Gasteiger partial charge in [-0.25, -0.2) is 9.97 Å². The summed E-state index contributed by atoms with van der Waals surface area (Å²) in [4.78, 5) is 10.4. The number of fused-ring (bicyclic) bond motifs is 5. The molecule has 0 bridgehead atoms. The van der Waals surface area contributed by atoms with Crippen LogP contribution in [0.4, 0.5) is 0 Å². The predicted octanol–water partition coefficient (Wildman–Crippen LogP) is 11.4. The van der Waals surface area contributed by atoms with Crippen LogP contribution in [0.1, 0.15) is 0 Å². The zero-order valence-corrected chi connectivity index (χ0v) is 24.3. The van der Waals surface area contributed by atoms with E-state index < -0.39 is 0 Å². The number of nitrogens with zero attached hydrogens (tertiary/aromatic N) is 2. The summed E-state index contributed by atoms with van der Waals surface area (Å²) < 4.78 is 6.23. The summed E-state index contributed by atoms with van der Waals surface area (Å²) in [6, 6.07) is 54.8. The van der Waals surface area contributed by atoms with Crippen molar-refractivity contribution in [1.82, 2.24) is 9.97 Å². The number of furan rings is 1. The standard InChI is InChI=1S/C42H26N2O/c1-3-12-27(13-4-1)41-42(28-14-5-2-6-15-28)44-37-26-29(22-25-36(37)43-41)30-23-24-33(32-17-8-7-16-31(30)32)34-19-11-21-39-40(34)35-18-9-10-20-38(35)45-39/h1-26H. The highest BCUT2D eigenvalue weighted by atomic mass is 16.3. The largest absolute Gasteiger partial charge is 0.456 e. The van der Waals surface area contributed by atoms with Crippen molar-refractivity contribution in [3.05, 3.63) is 158 Å². The molecule has 0 atom stereocenters. The maximum atomic E-state index is 6.23. The molecular weight excluding hydrogens is 548 g/mol. The molecule has 0 N–H and O–H groups in total. The molecule has 0 aliphatic carbocycles. The van der Waals surface area contributed by atoms with Crippen LogP contribution in [-0.2, 0) is 0 Å². The lowest BCUT2D eigenvalue weighted by atomic mass is 9.90. The Morgan fingerprint density at radius 3 is 1.67 bits per heavy atom. The molecule has 45 heavy (non-hydrogen) atoms. The Bertz CT molecular complexity index is 2530. The molecule has 0 fully saturated rings. The molecule has 0 aliphatic rings. The van der Waals surface area contributed by atoms with Crippen molar-refractivity contribution in [1.29, 1.82) is 0 Å². The van der Waals surface area contributed by atoms with Gasteiger partial charge in [-0.1, -0.05) is 133 Å². The first kappa shape index (κ1) is 25.4. The molecule has 0 saturated heterocycles. The maximum absolute atomic E-state index is 6.23. The minimum absolute atomic E-state index is 0.869. The monoisotopic (exact) mass is 574 g/mol. The van der Waals surface area contributed by atoms with Crippen molar-refractivity contribution < 1.29 is 4.42 Å². The number of rotatable bonds is 4. The normalized spacial score (nSPS) is 11.6. The summed E-state index contributed by atoms with van der Waals surface area (Å²) in [6.45, 7) is 0. The van der Waals surface area contributed by atoms with Crippen LogP contribution in [0.25, 0.3) is 88.5 Å². The Labute approximate surface area is 260 Å². The molecule has 2 heterocycles. The minimum atomic E-state index is 0.869. The third kappa shape index (κ3) is 4.21. The van der Waals surface area contributed by atoms with Gasteiger partial charge in [0, 0.05) is 21.9 Å². The fraction of sp³-hybridized carbons (Fsp3) is 0. The van der Waals surface area contributed by atoms with Crippen molar-refractivity contribution in [3.63, 3.8) is 0 Å². The van der Waals surface area contributed by atoms with Crippen LogP contribution >= 0.6 is 0 Å². The van der Waals surface area contributed by atoms with E-state index in [-0.39, 0.29) is 0 Å². The number of hydrogen-bond acceptors (Lipinski definition) is 3. The molecule has 210 valence electrons. The van der Waals surface area contributed by atoms with Gasteiger partial charge in [-0.2, -0.15) is 0 Å². The van der Waals surface area contributed by atoms with Crippen molar-refractivity contribution in [2.24, 2.45) is 0 Å². The van der Waals surface area contributed by atoms with Crippen LogP contribution in [0.5, 0.6) is 0 Å². The van der Waals surface area contributed by atoms with E-state index in [1.165, 1.54) is 21.9 Å². The van der Waals surface area contributed by atoms with Crippen molar-refractivity contribution in [3.8, 4) is 44.8 Å². The van der Waals surface area contributed by atoms with E-state index in [0.717, 1.165) is 66.6 Å². The lowest BCUT2D eigenvalue weighted by molar-refractivity contribution is 0.669. The number of para-hydroxylation sites is 1. The molecule has 0 aliphatic heterocycles. The Hall–Kier alpha value is -6.06. The Balaban J connectivity index is 1.24. The van der Waals surface area contributed by atoms with Gasteiger partial charge in [-0.05, 0) is 57.3 Å². The second kappa shape index (κ2) is 10.3. The highest BCUT2D eigenvalue weighted by Crippen LogP contribution is 2.42. The van der Waals surface area contributed by atoms with E-state index in [2.05, 4.69) is 109 Å². The number of hydrogen-bond donors (Lipinski definition) is 0. The summed E-state index contributed by atoms with van der Waals surface area (Å²) in [5.74, 6) is 0.